The van der Waals surface area contributed by atoms with Crippen molar-refractivity contribution in [1.82, 2.24) is 9.78 Å². The molecule has 0 fully saturated rings. The van der Waals surface area contributed by atoms with Crippen LogP contribution < -0.4 is 5.32 Å². The van der Waals surface area contributed by atoms with Crippen LogP contribution in [0.5, 0.6) is 5.75 Å². The van der Waals surface area contributed by atoms with Gasteiger partial charge in [-0.25, -0.2) is 4.79 Å². The van der Waals surface area contributed by atoms with Crippen molar-refractivity contribution in [2.75, 3.05) is 11.9 Å². The summed E-state index contributed by atoms with van der Waals surface area (Å²) in [6, 6.07) is 14.6. The van der Waals surface area contributed by atoms with Gasteiger partial charge in [-0.05, 0) is 30.3 Å². The number of aryl methyl sites for hydroxylation is 1. The number of benzene rings is 2. The van der Waals surface area contributed by atoms with Crippen LogP contribution in [0.25, 0.3) is 11.3 Å². The summed E-state index contributed by atoms with van der Waals surface area (Å²) in [5, 5.41) is 17.0. The molecule has 0 unspecified atom stereocenters. The van der Waals surface area contributed by atoms with Crippen molar-refractivity contribution in [2.24, 2.45) is 7.05 Å². The number of halogens is 1. The van der Waals surface area contributed by atoms with Crippen LogP contribution in [0.1, 0.15) is 10.4 Å². The Morgan fingerprint density at radius 2 is 1.93 bits per heavy atom. The first-order valence-corrected chi connectivity index (χ1v) is 8.36. The van der Waals surface area contributed by atoms with Crippen molar-refractivity contribution in [2.45, 2.75) is 0 Å². The van der Waals surface area contributed by atoms with Gasteiger partial charge < -0.3 is 15.2 Å². The van der Waals surface area contributed by atoms with Crippen LogP contribution >= 0.6 is 11.6 Å². The molecule has 7 nitrogen and oxygen atoms in total. The van der Waals surface area contributed by atoms with E-state index in [1.807, 2.05) is 12.1 Å². The largest absolute Gasteiger partial charge is 0.508 e. The van der Waals surface area contributed by atoms with Gasteiger partial charge in [0.25, 0.3) is 5.91 Å². The van der Waals surface area contributed by atoms with Crippen LogP contribution in [0.2, 0.25) is 5.02 Å². The van der Waals surface area contributed by atoms with Gasteiger partial charge in [0.2, 0.25) is 0 Å². The zero-order valence-electron chi connectivity index (χ0n) is 14.3. The number of nitrogens with zero attached hydrogens (tertiary/aromatic N) is 2. The van der Waals surface area contributed by atoms with Gasteiger partial charge in [0, 0.05) is 23.7 Å². The summed E-state index contributed by atoms with van der Waals surface area (Å²) in [6.07, 6.45) is 0. The molecular formula is C19H16ClN3O4. The molecule has 27 heavy (non-hydrogen) atoms. The van der Waals surface area contributed by atoms with E-state index in [0.29, 0.717) is 16.5 Å². The second kappa shape index (κ2) is 7.92. The highest BCUT2D eigenvalue weighted by Gasteiger charge is 2.13. The van der Waals surface area contributed by atoms with Gasteiger partial charge in [0.05, 0.1) is 11.3 Å². The number of amides is 1. The minimum atomic E-state index is -0.701. The minimum Gasteiger partial charge on any atom is -0.508 e. The fourth-order valence-corrected chi connectivity index (χ4v) is 2.50. The number of carbonyl (C=O) groups excluding carboxylic acids is 2. The third kappa shape index (κ3) is 4.65. The molecule has 0 aliphatic rings. The van der Waals surface area contributed by atoms with Crippen LogP contribution in [0.3, 0.4) is 0 Å². The number of rotatable bonds is 5. The highest BCUT2D eigenvalue weighted by atomic mass is 35.5. The molecule has 0 spiro atoms. The summed E-state index contributed by atoms with van der Waals surface area (Å²) in [5.41, 5.74) is 1.68. The number of ether oxygens (including phenoxy) is 1. The maximum Gasteiger partial charge on any atom is 0.338 e. The number of aromatic hydroxyl groups is 1. The van der Waals surface area contributed by atoms with E-state index in [0.717, 1.165) is 5.56 Å². The number of nitrogens with one attached hydrogen (secondary N) is 1. The number of phenolic OH excluding ortho intramolecular Hbond substituents is 1. The molecule has 2 aromatic carbocycles. The fourth-order valence-electron chi connectivity index (χ4n) is 2.37. The molecule has 3 aromatic rings. The van der Waals surface area contributed by atoms with Gasteiger partial charge in [-0.15, -0.1) is 0 Å². The monoisotopic (exact) mass is 385 g/mol. The Balaban J connectivity index is 1.61. The van der Waals surface area contributed by atoms with Crippen molar-refractivity contribution in [1.29, 1.82) is 0 Å². The Kier molecular flexibility index (Phi) is 5.42. The number of hydrogen-bond acceptors (Lipinski definition) is 5. The standard InChI is InChI=1S/C19H16ClN3O4/c1-23-17(10-16(22-23)12-5-7-14(20)8-6-12)21-18(25)11-27-19(26)13-3-2-4-15(24)9-13/h2-10,24H,11H2,1H3,(H,21,25). The third-order valence-corrected chi connectivity index (χ3v) is 3.96. The van der Waals surface area contributed by atoms with Gasteiger partial charge in [-0.3, -0.25) is 9.48 Å². The number of hydrogen-bond donors (Lipinski definition) is 2. The summed E-state index contributed by atoms with van der Waals surface area (Å²) in [4.78, 5) is 24.0. The lowest BCUT2D eigenvalue weighted by atomic mass is 10.1. The molecule has 1 amide bonds. The van der Waals surface area contributed by atoms with Gasteiger partial charge in [-0.1, -0.05) is 29.8 Å². The van der Waals surface area contributed by atoms with Crippen molar-refractivity contribution in [3.05, 3.63) is 65.2 Å². The van der Waals surface area contributed by atoms with Crippen molar-refractivity contribution >= 4 is 29.3 Å². The van der Waals surface area contributed by atoms with E-state index in [4.69, 9.17) is 16.3 Å². The normalized spacial score (nSPS) is 10.4. The van der Waals surface area contributed by atoms with Crippen LogP contribution in [-0.2, 0) is 16.6 Å². The van der Waals surface area contributed by atoms with Gasteiger partial charge in [0.1, 0.15) is 11.6 Å². The van der Waals surface area contributed by atoms with Crippen LogP contribution in [0, 0.1) is 0 Å². The van der Waals surface area contributed by atoms with E-state index in [-0.39, 0.29) is 11.3 Å². The number of phenols is 1. The molecular weight excluding hydrogens is 370 g/mol. The van der Waals surface area contributed by atoms with E-state index in [1.165, 1.54) is 28.9 Å². The molecule has 3 rings (SSSR count). The molecule has 0 saturated carbocycles. The molecule has 8 heteroatoms. The molecule has 1 aromatic heterocycles. The quantitative estimate of drug-likeness (QED) is 0.657. The van der Waals surface area contributed by atoms with E-state index in [1.54, 1.807) is 25.2 Å². The summed E-state index contributed by atoms with van der Waals surface area (Å²) >= 11 is 5.88. The average Bonchev–Trinajstić information content (AvgIpc) is 3.00. The molecule has 0 atom stereocenters. The van der Waals surface area contributed by atoms with E-state index < -0.39 is 18.5 Å². The fraction of sp³-hybridized carbons (Fsp3) is 0.105. The van der Waals surface area contributed by atoms with Crippen LogP contribution in [-0.4, -0.2) is 33.4 Å². The second-order valence-electron chi connectivity index (χ2n) is 5.72. The van der Waals surface area contributed by atoms with Crippen LogP contribution in [0.4, 0.5) is 5.82 Å². The van der Waals surface area contributed by atoms with E-state index >= 15 is 0 Å². The van der Waals surface area contributed by atoms with Crippen molar-refractivity contribution in [3.63, 3.8) is 0 Å². The second-order valence-corrected chi connectivity index (χ2v) is 6.16. The predicted molar refractivity (Wildman–Crippen MR) is 101 cm³/mol. The molecule has 0 saturated heterocycles. The first kappa shape index (κ1) is 18.5. The number of aromatic nitrogens is 2. The van der Waals surface area contributed by atoms with E-state index in [2.05, 4.69) is 10.4 Å². The predicted octanol–water partition coefficient (Wildman–Crippen LogP) is 3.24. The Hall–Kier alpha value is -3.32. The Labute approximate surface area is 160 Å². The summed E-state index contributed by atoms with van der Waals surface area (Å²) in [5.74, 6) is -0.807. The van der Waals surface area contributed by atoms with Crippen molar-refractivity contribution < 1.29 is 19.4 Å². The minimum absolute atomic E-state index is 0.0569. The zero-order valence-corrected chi connectivity index (χ0v) is 15.1. The van der Waals surface area contributed by atoms with Crippen molar-refractivity contribution in [3.8, 4) is 17.0 Å². The maximum absolute atomic E-state index is 12.1. The first-order valence-electron chi connectivity index (χ1n) is 7.98. The summed E-state index contributed by atoms with van der Waals surface area (Å²) in [7, 11) is 1.69. The Morgan fingerprint density at radius 3 is 2.63 bits per heavy atom. The Bertz CT molecular complexity index is 983. The Morgan fingerprint density at radius 1 is 1.19 bits per heavy atom. The summed E-state index contributed by atoms with van der Waals surface area (Å²) < 4.78 is 6.47. The molecule has 0 aliphatic carbocycles. The number of anilines is 1. The smallest absolute Gasteiger partial charge is 0.338 e. The average molecular weight is 386 g/mol. The van der Waals surface area contributed by atoms with Crippen LogP contribution in [0.15, 0.2) is 54.6 Å². The summed E-state index contributed by atoms with van der Waals surface area (Å²) in [6.45, 7) is -0.462. The lowest BCUT2D eigenvalue weighted by Gasteiger charge is -2.06. The zero-order chi connectivity index (χ0) is 19.4. The highest BCUT2D eigenvalue weighted by molar-refractivity contribution is 6.30. The molecule has 0 aliphatic heterocycles. The lowest BCUT2D eigenvalue weighted by molar-refractivity contribution is -0.119. The SMILES string of the molecule is Cn1nc(-c2ccc(Cl)cc2)cc1NC(=O)COC(=O)c1cccc(O)c1. The molecule has 1 heterocycles. The molecule has 2 N–H and O–H groups in total. The number of carbonyl (C=O) groups is 2. The van der Waals surface area contributed by atoms with Gasteiger partial charge >= 0.3 is 5.97 Å². The lowest BCUT2D eigenvalue weighted by Crippen LogP contribution is -2.22. The van der Waals surface area contributed by atoms with Gasteiger partial charge in [-0.2, -0.15) is 5.10 Å². The van der Waals surface area contributed by atoms with E-state index in [9.17, 15) is 14.7 Å². The molecule has 0 radical (unpaired) electrons. The topological polar surface area (TPSA) is 93.5 Å². The molecule has 0 bridgehead atoms. The molecule has 138 valence electrons. The third-order valence-electron chi connectivity index (χ3n) is 3.70. The highest BCUT2D eigenvalue weighted by Crippen LogP contribution is 2.23. The number of esters is 1. The maximum atomic E-state index is 12.1. The van der Waals surface area contributed by atoms with Gasteiger partial charge in [0.15, 0.2) is 6.61 Å². The first-order chi connectivity index (χ1) is 12.9.